The average molecular weight is 299 g/mol. The van der Waals surface area contributed by atoms with E-state index < -0.39 is 11.1 Å². The van der Waals surface area contributed by atoms with E-state index in [1.54, 1.807) is 4.90 Å². The fourth-order valence-corrected chi connectivity index (χ4v) is 2.94. The molecule has 2 atom stereocenters. The highest BCUT2D eigenvalue weighted by atomic mass is 35.5. The Morgan fingerprint density at radius 2 is 2.05 bits per heavy atom. The van der Waals surface area contributed by atoms with Crippen molar-refractivity contribution in [2.24, 2.45) is 5.92 Å². The molecule has 0 bridgehead atoms. The summed E-state index contributed by atoms with van der Waals surface area (Å²) in [4.78, 5) is 27.2. The third-order valence-corrected chi connectivity index (χ3v) is 5.20. The van der Waals surface area contributed by atoms with Crippen LogP contribution in [0.25, 0.3) is 0 Å². The van der Waals surface area contributed by atoms with Gasteiger partial charge in [0.2, 0.25) is 11.8 Å². The highest BCUT2D eigenvalue weighted by Crippen LogP contribution is 2.44. The Morgan fingerprint density at radius 3 is 2.50 bits per heavy atom. The molecule has 2 fully saturated rings. The molecule has 0 radical (unpaired) electrons. The monoisotopic (exact) mass is 298 g/mol. The summed E-state index contributed by atoms with van der Waals surface area (Å²) >= 11 is 5.74. The Labute approximate surface area is 125 Å². The first-order valence-corrected chi connectivity index (χ1v) is 7.63. The van der Waals surface area contributed by atoms with Gasteiger partial charge in [-0.25, -0.2) is 0 Å². The van der Waals surface area contributed by atoms with Gasteiger partial charge in [0.25, 0.3) is 0 Å². The number of hydrogen-bond acceptors (Lipinski definition) is 2. The first kappa shape index (κ1) is 15.4. The number of hydrogen-bond donors (Lipinski definition) is 1. The second-order valence-corrected chi connectivity index (χ2v) is 6.62. The van der Waals surface area contributed by atoms with Crippen LogP contribution in [-0.4, -0.2) is 34.3 Å². The van der Waals surface area contributed by atoms with Crippen LogP contribution in [0.15, 0.2) is 11.1 Å². The summed E-state index contributed by atoms with van der Waals surface area (Å²) < 4.78 is 0. The number of carbonyl (C=O) groups excluding carboxylic acids is 2. The zero-order chi connectivity index (χ0) is 15.1. The van der Waals surface area contributed by atoms with Crippen molar-refractivity contribution in [3.05, 3.63) is 11.1 Å². The molecular weight excluding hydrogens is 276 g/mol. The van der Waals surface area contributed by atoms with Crippen molar-refractivity contribution in [1.82, 2.24) is 10.2 Å². The molecule has 112 valence electrons. The van der Waals surface area contributed by atoms with Crippen LogP contribution in [0.3, 0.4) is 0 Å². The van der Waals surface area contributed by atoms with Gasteiger partial charge in [-0.3, -0.25) is 9.59 Å². The van der Waals surface area contributed by atoms with Gasteiger partial charge in [-0.05, 0) is 51.5 Å². The van der Waals surface area contributed by atoms with E-state index in [9.17, 15) is 9.59 Å². The number of carbonyl (C=O) groups is 2. The predicted octanol–water partition coefficient (Wildman–Crippen LogP) is 2.42. The lowest BCUT2D eigenvalue weighted by Gasteiger charge is -2.50. The van der Waals surface area contributed by atoms with Gasteiger partial charge in [0.1, 0.15) is 11.1 Å². The topological polar surface area (TPSA) is 49.4 Å². The molecule has 1 aliphatic carbocycles. The molecule has 2 rings (SSSR count). The maximum Gasteiger partial charge on any atom is 0.249 e. The van der Waals surface area contributed by atoms with E-state index >= 15 is 0 Å². The van der Waals surface area contributed by atoms with Crippen molar-refractivity contribution in [3.8, 4) is 0 Å². The van der Waals surface area contributed by atoms with E-state index in [4.69, 9.17) is 11.6 Å². The molecule has 2 unspecified atom stereocenters. The second kappa shape index (κ2) is 5.06. The summed E-state index contributed by atoms with van der Waals surface area (Å²) in [7, 11) is 0. The summed E-state index contributed by atoms with van der Waals surface area (Å²) in [6.07, 6.45) is 2.59. The zero-order valence-electron chi connectivity index (χ0n) is 12.6. The van der Waals surface area contributed by atoms with Crippen molar-refractivity contribution in [2.45, 2.75) is 58.0 Å². The summed E-state index contributed by atoms with van der Waals surface area (Å²) in [6, 6.07) is 0. The molecule has 2 amide bonds. The fourth-order valence-electron chi connectivity index (χ4n) is 2.87. The number of nitrogens with zero attached hydrogens (tertiary/aromatic N) is 1. The minimum Gasteiger partial charge on any atom is -0.340 e. The lowest BCUT2D eigenvalue weighted by atomic mass is 9.82. The summed E-state index contributed by atoms with van der Waals surface area (Å²) in [5, 5.41) is 2.98. The van der Waals surface area contributed by atoms with Crippen LogP contribution >= 0.6 is 11.6 Å². The van der Waals surface area contributed by atoms with E-state index in [-0.39, 0.29) is 17.7 Å². The van der Waals surface area contributed by atoms with Crippen LogP contribution < -0.4 is 5.32 Å². The second-order valence-electron chi connectivity index (χ2n) is 6.40. The van der Waals surface area contributed by atoms with Gasteiger partial charge in [-0.15, -0.1) is 0 Å². The molecular formula is C15H23ClN2O2. The van der Waals surface area contributed by atoms with Gasteiger partial charge in [0.05, 0.1) is 0 Å². The van der Waals surface area contributed by atoms with E-state index in [0.29, 0.717) is 13.0 Å². The lowest BCUT2D eigenvalue weighted by molar-refractivity contribution is -0.162. The largest absolute Gasteiger partial charge is 0.340 e. The first-order valence-electron chi connectivity index (χ1n) is 7.20. The van der Waals surface area contributed by atoms with Gasteiger partial charge in [-0.2, -0.15) is 0 Å². The van der Waals surface area contributed by atoms with Crippen LogP contribution in [-0.2, 0) is 9.59 Å². The van der Waals surface area contributed by atoms with Gasteiger partial charge in [-0.1, -0.05) is 18.5 Å². The average Bonchev–Trinajstić information content (AvgIpc) is 3.25. The molecule has 0 spiro atoms. The van der Waals surface area contributed by atoms with E-state index in [1.807, 2.05) is 27.7 Å². The third-order valence-electron chi connectivity index (χ3n) is 4.82. The van der Waals surface area contributed by atoms with Crippen molar-refractivity contribution in [2.75, 3.05) is 6.54 Å². The van der Waals surface area contributed by atoms with E-state index in [0.717, 1.165) is 18.4 Å². The number of rotatable bonds is 4. The summed E-state index contributed by atoms with van der Waals surface area (Å²) in [6.45, 7) is 7.89. The van der Waals surface area contributed by atoms with Crippen molar-refractivity contribution in [1.29, 1.82) is 0 Å². The molecule has 0 aromatic rings. The molecule has 20 heavy (non-hydrogen) atoms. The smallest absolute Gasteiger partial charge is 0.249 e. The minimum absolute atomic E-state index is 0.0156. The Balaban J connectivity index is 2.38. The number of nitrogens with one attached hydrogen (secondary N) is 1. The molecule has 0 aromatic carbocycles. The molecule has 0 aromatic heterocycles. The van der Waals surface area contributed by atoms with Gasteiger partial charge >= 0.3 is 0 Å². The molecule has 1 aliphatic heterocycles. The van der Waals surface area contributed by atoms with Gasteiger partial charge in [0.15, 0.2) is 0 Å². The quantitative estimate of drug-likeness (QED) is 0.866. The minimum atomic E-state index is -0.799. The van der Waals surface area contributed by atoms with Gasteiger partial charge in [0, 0.05) is 12.1 Å². The first-order chi connectivity index (χ1) is 9.29. The Morgan fingerprint density at radius 1 is 1.45 bits per heavy atom. The summed E-state index contributed by atoms with van der Waals surface area (Å²) in [5.41, 5.74) is 0.808. The summed E-state index contributed by atoms with van der Waals surface area (Å²) in [5.74, 6) is 0.223. The maximum absolute atomic E-state index is 12.9. The van der Waals surface area contributed by atoms with Crippen molar-refractivity contribution >= 4 is 23.4 Å². The number of halogens is 1. The predicted molar refractivity (Wildman–Crippen MR) is 79.3 cm³/mol. The van der Waals surface area contributed by atoms with Crippen LogP contribution in [0.5, 0.6) is 0 Å². The third kappa shape index (κ3) is 2.24. The van der Waals surface area contributed by atoms with E-state index in [2.05, 4.69) is 5.32 Å². The fraction of sp³-hybridized carbons (Fsp3) is 0.733. The molecule has 4 nitrogen and oxygen atoms in total. The van der Waals surface area contributed by atoms with Crippen molar-refractivity contribution < 1.29 is 9.59 Å². The molecule has 1 heterocycles. The highest BCUT2D eigenvalue weighted by molar-refractivity contribution is 6.25. The lowest BCUT2D eigenvalue weighted by Crippen LogP contribution is -2.74. The molecule has 2 aliphatic rings. The maximum atomic E-state index is 12.9. The van der Waals surface area contributed by atoms with E-state index in [1.165, 1.54) is 5.54 Å². The molecule has 1 N–H and O–H groups in total. The molecule has 1 saturated carbocycles. The standard InChI is InChI=1S/C15H23ClN2O2/c1-5-14(3)12(19)17-15(4,11-6-7-11)13(20)18(14)9-10(2)8-16/h8,11H,5-7,9H2,1-4H3,(H,17,19). The Bertz CT molecular complexity index is 472. The Hall–Kier alpha value is -1.03. The van der Waals surface area contributed by atoms with Crippen LogP contribution in [0.1, 0.15) is 47.0 Å². The normalized spacial score (nSPS) is 35.2. The number of amides is 2. The Kier molecular flexibility index (Phi) is 3.89. The highest BCUT2D eigenvalue weighted by Gasteiger charge is 2.58. The van der Waals surface area contributed by atoms with Crippen LogP contribution in [0, 0.1) is 5.92 Å². The molecule has 1 saturated heterocycles. The van der Waals surface area contributed by atoms with Crippen LogP contribution in [0.4, 0.5) is 0 Å². The SMILES string of the molecule is CCC1(C)C(=O)NC(C)(C2CC2)C(=O)N1CC(C)=CCl. The molecule has 5 heteroatoms. The number of piperazine rings is 1. The van der Waals surface area contributed by atoms with Gasteiger partial charge < -0.3 is 10.2 Å². The van der Waals surface area contributed by atoms with Crippen molar-refractivity contribution in [3.63, 3.8) is 0 Å². The zero-order valence-corrected chi connectivity index (χ0v) is 13.4. The van der Waals surface area contributed by atoms with Crippen LogP contribution in [0.2, 0.25) is 0 Å².